The molecule has 1 saturated carbocycles. The van der Waals surface area contributed by atoms with Crippen molar-refractivity contribution in [3.8, 4) is 0 Å². The van der Waals surface area contributed by atoms with Crippen LogP contribution in [0.4, 0.5) is 0 Å². The molecule has 108 valence electrons. The van der Waals surface area contributed by atoms with Crippen LogP contribution in [-0.2, 0) is 11.3 Å². The summed E-state index contributed by atoms with van der Waals surface area (Å²) in [6, 6.07) is 7.48. The zero-order valence-corrected chi connectivity index (χ0v) is 12.2. The lowest BCUT2D eigenvalue weighted by Gasteiger charge is -2.18. The Hall–Kier alpha value is -1.84. The largest absolute Gasteiger partial charge is 0.352 e. The third-order valence-electron chi connectivity index (χ3n) is 3.67. The minimum absolute atomic E-state index is 0.0589. The van der Waals surface area contributed by atoms with Crippen molar-refractivity contribution in [1.82, 2.24) is 10.2 Å². The Balaban J connectivity index is 1.91. The van der Waals surface area contributed by atoms with Crippen molar-refractivity contribution in [2.45, 2.75) is 33.2 Å². The zero-order chi connectivity index (χ0) is 14.5. The highest BCUT2D eigenvalue weighted by molar-refractivity contribution is 5.94. The van der Waals surface area contributed by atoms with Gasteiger partial charge in [0.15, 0.2) is 0 Å². The predicted octanol–water partition coefficient (Wildman–Crippen LogP) is 2.19. The summed E-state index contributed by atoms with van der Waals surface area (Å²) in [7, 11) is 0. The Bertz CT molecular complexity index is 474. The van der Waals surface area contributed by atoms with E-state index < -0.39 is 0 Å². The second-order valence-corrected chi connectivity index (χ2v) is 5.17. The Labute approximate surface area is 120 Å². The fourth-order valence-electron chi connectivity index (χ4n) is 2.14. The average molecular weight is 274 g/mol. The van der Waals surface area contributed by atoms with Crippen LogP contribution in [0.25, 0.3) is 0 Å². The van der Waals surface area contributed by atoms with E-state index in [0.29, 0.717) is 25.2 Å². The predicted molar refractivity (Wildman–Crippen MR) is 78.3 cm³/mol. The molecule has 4 nitrogen and oxygen atoms in total. The summed E-state index contributed by atoms with van der Waals surface area (Å²) in [5, 5.41) is 2.92. The highest BCUT2D eigenvalue weighted by Gasteiger charge is 2.29. The zero-order valence-electron chi connectivity index (χ0n) is 12.2. The van der Waals surface area contributed by atoms with Gasteiger partial charge in [-0.3, -0.25) is 9.59 Å². The first-order valence-corrected chi connectivity index (χ1v) is 7.31. The molecular formula is C16H22N2O2. The van der Waals surface area contributed by atoms with Gasteiger partial charge in [0.05, 0.1) is 0 Å². The average Bonchev–Trinajstić information content (AvgIpc) is 3.31. The summed E-state index contributed by atoms with van der Waals surface area (Å²) in [6.07, 6.45) is 2.03. The summed E-state index contributed by atoms with van der Waals surface area (Å²) in [5.41, 5.74) is 1.72. The lowest BCUT2D eigenvalue weighted by atomic mass is 10.1. The van der Waals surface area contributed by atoms with E-state index in [1.807, 2.05) is 38.1 Å². The number of carbonyl (C=O) groups is 2. The highest BCUT2D eigenvalue weighted by Crippen LogP contribution is 2.28. The van der Waals surface area contributed by atoms with E-state index in [4.69, 9.17) is 0 Å². The fourth-order valence-corrected chi connectivity index (χ4v) is 2.14. The lowest BCUT2D eigenvalue weighted by molar-refractivity contribution is -0.122. The molecule has 0 heterocycles. The molecule has 1 aromatic carbocycles. The van der Waals surface area contributed by atoms with Crippen LogP contribution in [-0.4, -0.2) is 29.8 Å². The van der Waals surface area contributed by atoms with E-state index in [9.17, 15) is 9.59 Å². The second-order valence-electron chi connectivity index (χ2n) is 5.17. The lowest BCUT2D eigenvalue weighted by Crippen LogP contribution is -2.30. The maximum absolute atomic E-state index is 12.1. The minimum Gasteiger partial charge on any atom is -0.352 e. The van der Waals surface area contributed by atoms with Gasteiger partial charge in [0.25, 0.3) is 5.91 Å². The highest BCUT2D eigenvalue weighted by atomic mass is 16.2. The third-order valence-corrected chi connectivity index (χ3v) is 3.67. The third kappa shape index (κ3) is 3.59. The molecule has 4 heteroatoms. The normalized spacial score (nSPS) is 13.9. The van der Waals surface area contributed by atoms with Crippen molar-refractivity contribution >= 4 is 11.8 Å². The summed E-state index contributed by atoms with van der Waals surface area (Å²) in [4.78, 5) is 25.5. The molecule has 1 aliphatic rings. The van der Waals surface area contributed by atoms with Crippen molar-refractivity contribution in [1.29, 1.82) is 0 Å². The Morgan fingerprint density at radius 2 is 1.75 bits per heavy atom. The molecule has 20 heavy (non-hydrogen) atoms. The first-order valence-electron chi connectivity index (χ1n) is 7.31. The van der Waals surface area contributed by atoms with Gasteiger partial charge in [-0.15, -0.1) is 0 Å². The number of hydrogen-bond donors (Lipinski definition) is 1. The van der Waals surface area contributed by atoms with Crippen LogP contribution in [0, 0.1) is 5.92 Å². The second kappa shape index (κ2) is 6.55. The Morgan fingerprint density at radius 1 is 1.15 bits per heavy atom. The first-order chi connectivity index (χ1) is 9.65. The van der Waals surface area contributed by atoms with E-state index in [0.717, 1.165) is 18.4 Å². The van der Waals surface area contributed by atoms with Crippen molar-refractivity contribution in [2.24, 2.45) is 5.92 Å². The van der Waals surface area contributed by atoms with E-state index in [1.165, 1.54) is 0 Å². The maximum Gasteiger partial charge on any atom is 0.253 e. The van der Waals surface area contributed by atoms with Gasteiger partial charge in [0.2, 0.25) is 5.91 Å². The monoisotopic (exact) mass is 274 g/mol. The van der Waals surface area contributed by atoms with Gasteiger partial charge in [0.1, 0.15) is 0 Å². The fraction of sp³-hybridized carbons (Fsp3) is 0.500. The summed E-state index contributed by atoms with van der Waals surface area (Å²) in [5.74, 6) is 0.440. The van der Waals surface area contributed by atoms with Crippen LogP contribution < -0.4 is 5.32 Å². The summed E-state index contributed by atoms with van der Waals surface area (Å²) >= 11 is 0. The molecule has 0 atom stereocenters. The van der Waals surface area contributed by atoms with Crippen LogP contribution >= 0.6 is 0 Å². The molecule has 0 aliphatic heterocycles. The molecule has 2 rings (SSSR count). The van der Waals surface area contributed by atoms with Crippen molar-refractivity contribution in [3.63, 3.8) is 0 Å². The van der Waals surface area contributed by atoms with Gasteiger partial charge >= 0.3 is 0 Å². The number of nitrogens with one attached hydrogen (secondary N) is 1. The summed E-state index contributed by atoms with van der Waals surface area (Å²) < 4.78 is 0. The molecule has 0 bridgehead atoms. The van der Waals surface area contributed by atoms with Crippen LogP contribution in [0.3, 0.4) is 0 Å². The molecule has 0 radical (unpaired) electrons. The van der Waals surface area contributed by atoms with E-state index in [2.05, 4.69) is 5.32 Å². The molecule has 0 unspecified atom stereocenters. The van der Waals surface area contributed by atoms with Gasteiger partial charge in [-0.2, -0.15) is 0 Å². The molecule has 1 N–H and O–H groups in total. The maximum atomic E-state index is 12.1. The number of amides is 2. The van der Waals surface area contributed by atoms with Crippen LogP contribution in [0.5, 0.6) is 0 Å². The van der Waals surface area contributed by atoms with Crippen molar-refractivity contribution in [3.05, 3.63) is 35.4 Å². The van der Waals surface area contributed by atoms with Crippen molar-refractivity contribution in [2.75, 3.05) is 13.1 Å². The van der Waals surface area contributed by atoms with Crippen molar-refractivity contribution < 1.29 is 9.59 Å². The van der Waals surface area contributed by atoms with E-state index in [-0.39, 0.29) is 17.7 Å². The molecule has 0 spiro atoms. The minimum atomic E-state index is 0.0589. The molecule has 1 fully saturated rings. The van der Waals surface area contributed by atoms with Gasteiger partial charge in [-0.25, -0.2) is 0 Å². The quantitative estimate of drug-likeness (QED) is 0.864. The first kappa shape index (κ1) is 14.6. The number of benzene rings is 1. The van der Waals surface area contributed by atoms with Crippen LogP contribution in [0.1, 0.15) is 42.6 Å². The standard InChI is InChI=1S/C16H22N2O2/c1-3-18(4-2)16(20)14-7-5-12(6-8-14)11-17-15(19)13-9-10-13/h5-8,13H,3-4,9-11H2,1-2H3,(H,17,19). The SMILES string of the molecule is CCN(CC)C(=O)c1ccc(CNC(=O)C2CC2)cc1. The van der Waals surface area contributed by atoms with Crippen LogP contribution in [0.15, 0.2) is 24.3 Å². The molecular weight excluding hydrogens is 252 g/mol. The van der Waals surface area contributed by atoms with Gasteiger partial charge < -0.3 is 10.2 Å². The molecule has 1 aromatic rings. The smallest absolute Gasteiger partial charge is 0.253 e. The Kier molecular flexibility index (Phi) is 4.77. The van der Waals surface area contributed by atoms with Gasteiger partial charge in [0, 0.05) is 31.1 Å². The van der Waals surface area contributed by atoms with Gasteiger partial charge in [-0.1, -0.05) is 12.1 Å². The molecule has 0 aromatic heterocycles. The Morgan fingerprint density at radius 3 is 2.25 bits per heavy atom. The number of hydrogen-bond acceptors (Lipinski definition) is 2. The van der Waals surface area contributed by atoms with Crippen LogP contribution in [0.2, 0.25) is 0 Å². The van der Waals surface area contributed by atoms with Gasteiger partial charge in [-0.05, 0) is 44.4 Å². The topological polar surface area (TPSA) is 49.4 Å². The van der Waals surface area contributed by atoms with E-state index >= 15 is 0 Å². The molecule has 2 amide bonds. The summed E-state index contributed by atoms with van der Waals surface area (Å²) in [6.45, 7) is 5.92. The molecule has 1 aliphatic carbocycles. The number of carbonyl (C=O) groups excluding carboxylic acids is 2. The van der Waals surface area contributed by atoms with E-state index in [1.54, 1.807) is 4.90 Å². The number of rotatable bonds is 6. The molecule has 0 saturated heterocycles. The number of nitrogens with zero attached hydrogens (tertiary/aromatic N) is 1.